The molecule has 3 heterocycles. The number of sulfonamides is 1. The van der Waals surface area contributed by atoms with Gasteiger partial charge >= 0.3 is 6.18 Å². The second-order valence-corrected chi connectivity index (χ2v) is 7.56. The zero-order chi connectivity index (χ0) is 20.1. The van der Waals surface area contributed by atoms with Gasteiger partial charge < -0.3 is 4.98 Å². The van der Waals surface area contributed by atoms with Gasteiger partial charge in [-0.1, -0.05) is 6.07 Å². The van der Waals surface area contributed by atoms with Gasteiger partial charge in [0.05, 0.1) is 5.56 Å². The Labute approximate surface area is 156 Å². The van der Waals surface area contributed by atoms with Crippen molar-refractivity contribution in [3.8, 4) is 11.1 Å². The minimum Gasteiger partial charge on any atom is -0.346 e. The summed E-state index contributed by atoms with van der Waals surface area (Å²) in [4.78, 5) is 6.12. The molecule has 4 rings (SSSR count). The third kappa shape index (κ3) is 3.23. The molecule has 9 nitrogen and oxygen atoms in total. The number of benzene rings is 1. The Hall–Kier alpha value is -2.55. The zero-order valence-electron chi connectivity index (χ0n) is 13.9. The maximum Gasteiger partial charge on any atom is 0.417 e. The molecule has 0 amide bonds. The van der Waals surface area contributed by atoms with Gasteiger partial charge in [0.25, 0.3) is 0 Å². The maximum atomic E-state index is 13.5. The number of H-pyrrole nitrogens is 1. The molecular weight excluding hydrogens is 399 g/mol. The van der Waals surface area contributed by atoms with Gasteiger partial charge in [-0.15, -0.1) is 0 Å². The topological polar surface area (TPSA) is 137 Å². The quantitative estimate of drug-likeness (QED) is 0.377. The molecule has 0 saturated carbocycles. The number of primary sulfonamides is 1. The number of rotatable bonds is 3. The van der Waals surface area contributed by atoms with Gasteiger partial charge in [-0.25, -0.2) is 29.4 Å². The standard InChI is InChI=1S/C15H14F3N7O2S/c16-15(17,18)10-2-1-9(8-5-7-3-4-20-13(7)21-6-8)11(12(10)28(19,26)27)14-22-24-25-23-14/h1-6,14,22-25H,(H,20,21)(H2,19,26,27). The minimum atomic E-state index is -4.92. The number of halogens is 3. The van der Waals surface area contributed by atoms with Crippen LogP contribution in [0, 0.1) is 0 Å². The van der Waals surface area contributed by atoms with Gasteiger partial charge in [0.15, 0.2) is 0 Å². The number of nitrogens with zero attached hydrogens (tertiary/aromatic N) is 1. The van der Waals surface area contributed by atoms with Crippen molar-refractivity contribution in [3.05, 3.63) is 47.8 Å². The van der Waals surface area contributed by atoms with Crippen molar-refractivity contribution in [2.75, 3.05) is 0 Å². The van der Waals surface area contributed by atoms with Crippen molar-refractivity contribution >= 4 is 21.1 Å². The SMILES string of the molecule is NS(=O)(=O)c1c(C(F)(F)F)ccc(-c2cnc3[nH]ccc3c2)c1C1NNNN1. The summed E-state index contributed by atoms with van der Waals surface area (Å²) >= 11 is 0. The summed E-state index contributed by atoms with van der Waals surface area (Å²) in [5, 5.41) is 5.91. The maximum absolute atomic E-state index is 13.5. The average molecular weight is 413 g/mol. The molecule has 0 spiro atoms. The lowest BCUT2D eigenvalue weighted by molar-refractivity contribution is -0.140. The van der Waals surface area contributed by atoms with E-state index in [1.165, 1.54) is 12.3 Å². The number of aromatic amines is 1. The molecule has 2 aromatic heterocycles. The van der Waals surface area contributed by atoms with Crippen LogP contribution in [0.15, 0.2) is 41.6 Å². The highest BCUT2D eigenvalue weighted by atomic mass is 32.2. The average Bonchev–Trinajstić information content (AvgIpc) is 3.29. The summed E-state index contributed by atoms with van der Waals surface area (Å²) in [5.41, 5.74) is 9.87. The minimum absolute atomic E-state index is 0.188. The van der Waals surface area contributed by atoms with Crippen LogP contribution < -0.4 is 27.1 Å². The van der Waals surface area contributed by atoms with Crippen molar-refractivity contribution in [3.63, 3.8) is 0 Å². The summed E-state index contributed by atoms with van der Waals surface area (Å²) in [6.07, 6.45) is -2.84. The first-order valence-corrected chi connectivity index (χ1v) is 9.42. The Bertz CT molecular complexity index is 1150. The van der Waals surface area contributed by atoms with Crippen LogP contribution in [0.4, 0.5) is 13.2 Å². The fourth-order valence-electron chi connectivity index (χ4n) is 3.15. The third-order valence-electron chi connectivity index (χ3n) is 4.28. The molecule has 7 N–H and O–H groups in total. The largest absolute Gasteiger partial charge is 0.417 e. The van der Waals surface area contributed by atoms with E-state index in [0.717, 1.165) is 0 Å². The Morgan fingerprint density at radius 3 is 2.46 bits per heavy atom. The predicted octanol–water partition coefficient (Wildman–Crippen LogP) is 1.01. The molecule has 148 valence electrons. The molecule has 0 radical (unpaired) electrons. The Kier molecular flexibility index (Phi) is 4.37. The number of fused-ring (bicyclic) bond motifs is 1. The molecular formula is C15H14F3N7O2S. The first-order valence-electron chi connectivity index (χ1n) is 7.88. The lowest BCUT2D eigenvalue weighted by Crippen LogP contribution is -2.33. The van der Waals surface area contributed by atoms with Crippen LogP contribution in [-0.4, -0.2) is 18.4 Å². The molecule has 28 heavy (non-hydrogen) atoms. The summed E-state index contributed by atoms with van der Waals surface area (Å²) in [6.45, 7) is 0. The number of hydrogen-bond acceptors (Lipinski definition) is 7. The van der Waals surface area contributed by atoms with Crippen molar-refractivity contribution < 1.29 is 21.6 Å². The number of nitrogens with two attached hydrogens (primary N) is 1. The molecule has 0 atom stereocenters. The zero-order valence-corrected chi connectivity index (χ0v) is 14.7. The van der Waals surface area contributed by atoms with E-state index in [9.17, 15) is 21.6 Å². The molecule has 1 saturated heterocycles. The fourth-order valence-corrected chi connectivity index (χ4v) is 4.18. The van der Waals surface area contributed by atoms with Gasteiger partial charge in [0.1, 0.15) is 16.7 Å². The second-order valence-electron chi connectivity index (χ2n) is 6.06. The number of hydrazine groups is 3. The Morgan fingerprint density at radius 2 is 1.82 bits per heavy atom. The first kappa shape index (κ1) is 18.8. The van der Waals surface area contributed by atoms with E-state index >= 15 is 0 Å². The molecule has 1 fully saturated rings. The number of alkyl halides is 3. The monoisotopic (exact) mass is 413 g/mol. The van der Waals surface area contributed by atoms with Crippen LogP contribution in [-0.2, 0) is 16.2 Å². The lowest BCUT2D eigenvalue weighted by atomic mass is 9.96. The number of nitrogens with one attached hydrogen (secondary N) is 5. The van der Waals surface area contributed by atoms with E-state index < -0.39 is 32.8 Å². The molecule has 13 heteroatoms. The van der Waals surface area contributed by atoms with Crippen LogP contribution in [0.5, 0.6) is 0 Å². The second kappa shape index (κ2) is 6.51. The summed E-state index contributed by atoms with van der Waals surface area (Å²) in [7, 11) is -4.73. The van der Waals surface area contributed by atoms with Gasteiger partial charge in [-0.05, 0) is 23.8 Å². The summed E-state index contributed by atoms with van der Waals surface area (Å²) < 4.78 is 65.0. The molecule has 3 aromatic rings. The van der Waals surface area contributed by atoms with Crippen LogP contribution in [0.1, 0.15) is 17.3 Å². The lowest BCUT2D eigenvalue weighted by Gasteiger charge is -2.22. The van der Waals surface area contributed by atoms with E-state index in [4.69, 9.17) is 5.14 Å². The molecule has 0 bridgehead atoms. The summed E-state index contributed by atoms with van der Waals surface area (Å²) in [6, 6.07) is 5.33. The van der Waals surface area contributed by atoms with Crippen molar-refractivity contribution in [2.45, 2.75) is 17.2 Å². The first-order chi connectivity index (χ1) is 13.2. The smallest absolute Gasteiger partial charge is 0.346 e. The predicted molar refractivity (Wildman–Crippen MR) is 93.2 cm³/mol. The van der Waals surface area contributed by atoms with E-state index in [-0.39, 0.29) is 11.1 Å². The molecule has 1 aliphatic rings. The highest BCUT2D eigenvalue weighted by molar-refractivity contribution is 7.89. The van der Waals surface area contributed by atoms with Gasteiger partial charge in [0, 0.05) is 28.9 Å². The number of hydrogen-bond donors (Lipinski definition) is 6. The Morgan fingerprint density at radius 1 is 1.11 bits per heavy atom. The van der Waals surface area contributed by atoms with E-state index in [1.54, 1.807) is 18.3 Å². The summed E-state index contributed by atoms with van der Waals surface area (Å²) in [5.74, 6) is 0. The van der Waals surface area contributed by atoms with Crippen LogP contribution in [0.3, 0.4) is 0 Å². The third-order valence-corrected chi connectivity index (χ3v) is 5.29. The highest BCUT2D eigenvalue weighted by Crippen LogP contribution is 2.41. The van der Waals surface area contributed by atoms with Crippen LogP contribution in [0.2, 0.25) is 0 Å². The normalized spacial score (nSPS) is 16.1. The fraction of sp³-hybridized carbons (Fsp3) is 0.133. The van der Waals surface area contributed by atoms with Crippen molar-refractivity contribution in [1.82, 2.24) is 31.9 Å². The van der Waals surface area contributed by atoms with E-state index in [2.05, 4.69) is 31.9 Å². The number of pyridine rings is 1. The number of aromatic nitrogens is 2. The van der Waals surface area contributed by atoms with Crippen LogP contribution in [0.25, 0.3) is 22.2 Å². The van der Waals surface area contributed by atoms with Gasteiger partial charge in [0.2, 0.25) is 10.0 Å². The van der Waals surface area contributed by atoms with Crippen molar-refractivity contribution in [1.29, 1.82) is 0 Å². The van der Waals surface area contributed by atoms with Gasteiger partial charge in [-0.3, -0.25) is 0 Å². The molecule has 0 unspecified atom stereocenters. The highest BCUT2D eigenvalue weighted by Gasteiger charge is 2.40. The van der Waals surface area contributed by atoms with Gasteiger partial charge in [-0.2, -0.15) is 24.2 Å². The molecule has 0 aliphatic carbocycles. The Balaban J connectivity index is 2.05. The van der Waals surface area contributed by atoms with Crippen LogP contribution >= 0.6 is 0 Å². The van der Waals surface area contributed by atoms with Crippen molar-refractivity contribution in [2.24, 2.45) is 5.14 Å². The molecule has 1 aliphatic heterocycles. The van der Waals surface area contributed by atoms with E-state index in [0.29, 0.717) is 22.7 Å². The van der Waals surface area contributed by atoms with E-state index in [1.807, 2.05) is 0 Å². The molecule has 1 aromatic carbocycles.